The SMILES string of the molecule is COc1ccc(-c2cc(CC(=O)Nc3ccc(F)c(C(F)(F)F)c3)no2)cc1OC. The van der Waals surface area contributed by atoms with Gasteiger partial charge < -0.3 is 19.3 Å². The number of amides is 1. The number of nitrogens with zero attached hydrogens (tertiary/aromatic N) is 1. The lowest BCUT2D eigenvalue weighted by Gasteiger charge is -2.10. The second-order valence-corrected chi connectivity index (χ2v) is 6.17. The second kappa shape index (κ2) is 8.44. The highest BCUT2D eigenvalue weighted by Crippen LogP contribution is 2.34. The van der Waals surface area contributed by atoms with Crippen LogP contribution in [-0.4, -0.2) is 25.3 Å². The zero-order chi connectivity index (χ0) is 21.9. The number of halogens is 4. The number of methoxy groups -OCH3 is 2. The van der Waals surface area contributed by atoms with Gasteiger partial charge >= 0.3 is 6.18 Å². The fourth-order valence-corrected chi connectivity index (χ4v) is 2.71. The van der Waals surface area contributed by atoms with Crippen LogP contribution in [0.25, 0.3) is 11.3 Å². The Bertz CT molecular complexity index is 1060. The lowest BCUT2D eigenvalue weighted by molar-refractivity contribution is -0.140. The smallest absolute Gasteiger partial charge is 0.419 e. The van der Waals surface area contributed by atoms with Gasteiger partial charge in [0.1, 0.15) is 5.82 Å². The van der Waals surface area contributed by atoms with Crippen molar-refractivity contribution in [1.29, 1.82) is 0 Å². The summed E-state index contributed by atoms with van der Waals surface area (Å²) >= 11 is 0. The second-order valence-electron chi connectivity index (χ2n) is 6.17. The van der Waals surface area contributed by atoms with Crippen LogP contribution in [0.15, 0.2) is 47.0 Å². The zero-order valence-electron chi connectivity index (χ0n) is 15.8. The highest BCUT2D eigenvalue weighted by molar-refractivity contribution is 5.92. The van der Waals surface area contributed by atoms with Crippen molar-refractivity contribution in [2.45, 2.75) is 12.6 Å². The third kappa shape index (κ3) is 4.70. The first kappa shape index (κ1) is 21.2. The zero-order valence-corrected chi connectivity index (χ0v) is 15.8. The van der Waals surface area contributed by atoms with Crippen molar-refractivity contribution in [3.8, 4) is 22.8 Å². The fourth-order valence-electron chi connectivity index (χ4n) is 2.71. The van der Waals surface area contributed by atoms with Crippen LogP contribution in [-0.2, 0) is 17.4 Å². The molecule has 0 aliphatic carbocycles. The Balaban J connectivity index is 1.71. The number of rotatable bonds is 6. The van der Waals surface area contributed by atoms with E-state index >= 15 is 0 Å². The molecule has 0 saturated carbocycles. The molecule has 0 atom stereocenters. The maximum atomic E-state index is 13.3. The first-order chi connectivity index (χ1) is 14.2. The molecule has 6 nitrogen and oxygen atoms in total. The Hall–Kier alpha value is -3.56. The van der Waals surface area contributed by atoms with Gasteiger partial charge in [0.25, 0.3) is 0 Å². The minimum Gasteiger partial charge on any atom is -0.493 e. The average molecular weight is 424 g/mol. The Morgan fingerprint density at radius 3 is 2.47 bits per heavy atom. The summed E-state index contributed by atoms with van der Waals surface area (Å²) in [5.74, 6) is -0.696. The van der Waals surface area contributed by atoms with Crippen LogP contribution in [0.1, 0.15) is 11.3 Å². The number of carbonyl (C=O) groups is 1. The summed E-state index contributed by atoms with van der Waals surface area (Å²) < 4.78 is 67.3. The third-order valence-electron chi connectivity index (χ3n) is 4.12. The van der Waals surface area contributed by atoms with Crippen molar-refractivity contribution in [3.63, 3.8) is 0 Å². The molecule has 0 aliphatic rings. The quantitative estimate of drug-likeness (QED) is 0.581. The van der Waals surface area contributed by atoms with Crippen molar-refractivity contribution in [2.75, 3.05) is 19.5 Å². The molecule has 1 heterocycles. The summed E-state index contributed by atoms with van der Waals surface area (Å²) in [7, 11) is 2.99. The molecule has 1 amide bonds. The molecule has 0 spiro atoms. The van der Waals surface area contributed by atoms with Crippen molar-refractivity contribution < 1.29 is 36.4 Å². The normalized spacial score (nSPS) is 11.3. The van der Waals surface area contributed by atoms with E-state index in [0.29, 0.717) is 35.0 Å². The van der Waals surface area contributed by atoms with Crippen molar-refractivity contribution in [1.82, 2.24) is 5.16 Å². The van der Waals surface area contributed by atoms with E-state index in [1.807, 2.05) is 0 Å². The summed E-state index contributed by atoms with van der Waals surface area (Å²) in [5, 5.41) is 6.08. The molecule has 0 unspecified atom stereocenters. The highest BCUT2D eigenvalue weighted by Gasteiger charge is 2.34. The van der Waals surface area contributed by atoms with E-state index < -0.39 is 23.5 Å². The lowest BCUT2D eigenvalue weighted by atomic mass is 10.1. The fraction of sp³-hybridized carbons (Fsp3) is 0.200. The van der Waals surface area contributed by atoms with Gasteiger partial charge in [-0.25, -0.2) is 4.39 Å². The van der Waals surface area contributed by atoms with E-state index in [-0.39, 0.29) is 17.8 Å². The van der Waals surface area contributed by atoms with Crippen LogP contribution in [0, 0.1) is 5.82 Å². The van der Waals surface area contributed by atoms with Crippen LogP contribution in [0.2, 0.25) is 0 Å². The van der Waals surface area contributed by atoms with Crippen LogP contribution in [0.5, 0.6) is 11.5 Å². The summed E-state index contributed by atoms with van der Waals surface area (Å²) in [5.41, 5.74) is -0.759. The summed E-state index contributed by atoms with van der Waals surface area (Å²) in [6.45, 7) is 0. The molecule has 2 aromatic carbocycles. The number of anilines is 1. The first-order valence-electron chi connectivity index (χ1n) is 8.56. The maximum Gasteiger partial charge on any atom is 0.419 e. The van der Waals surface area contributed by atoms with Crippen LogP contribution < -0.4 is 14.8 Å². The average Bonchev–Trinajstić information content (AvgIpc) is 3.16. The number of alkyl halides is 3. The van der Waals surface area contributed by atoms with Gasteiger partial charge in [0, 0.05) is 17.3 Å². The number of hydrogen-bond donors (Lipinski definition) is 1. The number of carbonyl (C=O) groups excluding carboxylic acids is 1. The van der Waals surface area contributed by atoms with E-state index in [2.05, 4.69) is 10.5 Å². The van der Waals surface area contributed by atoms with Crippen molar-refractivity contribution in [2.24, 2.45) is 0 Å². The number of hydrogen-bond acceptors (Lipinski definition) is 5. The predicted molar refractivity (Wildman–Crippen MR) is 98.8 cm³/mol. The van der Waals surface area contributed by atoms with Crippen molar-refractivity contribution >= 4 is 11.6 Å². The number of nitrogens with one attached hydrogen (secondary N) is 1. The molecule has 30 heavy (non-hydrogen) atoms. The highest BCUT2D eigenvalue weighted by atomic mass is 19.4. The summed E-state index contributed by atoms with van der Waals surface area (Å²) in [6, 6.07) is 8.79. The van der Waals surface area contributed by atoms with Crippen LogP contribution >= 0.6 is 0 Å². The standard InChI is InChI=1S/C20H16F4N2O4/c1-28-16-6-3-11(7-18(16)29-2)17-9-13(26-30-17)10-19(27)25-12-4-5-15(21)14(8-12)20(22,23)24/h3-9H,10H2,1-2H3,(H,25,27). The summed E-state index contributed by atoms with van der Waals surface area (Å²) in [4.78, 5) is 12.2. The van der Waals surface area contributed by atoms with Gasteiger partial charge in [-0.1, -0.05) is 5.16 Å². The lowest BCUT2D eigenvalue weighted by Crippen LogP contribution is -2.16. The van der Waals surface area contributed by atoms with Gasteiger partial charge in [0.2, 0.25) is 5.91 Å². The maximum absolute atomic E-state index is 13.3. The number of ether oxygens (including phenoxy) is 2. The molecule has 0 radical (unpaired) electrons. The number of benzene rings is 2. The topological polar surface area (TPSA) is 73.6 Å². The molecule has 3 rings (SSSR count). The van der Waals surface area contributed by atoms with Gasteiger partial charge in [0.05, 0.1) is 31.9 Å². The molecule has 0 aliphatic heterocycles. The molecule has 158 valence electrons. The molecule has 0 fully saturated rings. The van der Waals surface area contributed by atoms with E-state index in [4.69, 9.17) is 14.0 Å². The molecule has 10 heteroatoms. The van der Waals surface area contributed by atoms with E-state index in [1.54, 1.807) is 18.2 Å². The van der Waals surface area contributed by atoms with Gasteiger partial charge in [-0.3, -0.25) is 4.79 Å². The van der Waals surface area contributed by atoms with E-state index in [9.17, 15) is 22.4 Å². The van der Waals surface area contributed by atoms with Gasteiger partial charge in [-0.15, -0.1) is 0 Å². The largest absolute Gasteiger partial charge is 0.493 e. The molecular formula is C20H16F4N2O4. The van der Waals surface area contributed by atoms with Crippen molar-refractivity contribution in [3.05, 3.63) is 59.5 Å². The minimum atomic E-state index is -4.87. The first-order valence-corrected chi connectivity index (χ1v) is 8.56. The molecule has 0 bridgehead atoms. The van der Waals surface area contributed by atoms with E-state index in [0.717, 1.165) is 6.07 Å². The summed E-state index contributed by atoms with van der Waals surface area (Å²) in [6.07, 6.45) is -5.12. The minimum absolute atomic E-state index is 0.183. The number of aromatic nitrogens is 1. The molecule has 0 saturated heterocycles. The Kier molecular flexibility index (Phi) is 5.95. The Morgan fingerprint density at radius 2 is 1.80 bits per heavy atom. The van der Waals surface area contributed by atoms with Gasteiger partial charge in [0.15, 0.2) is 17.3 Å². The van der Waals surface area contributed by atoms with Gasteiger partial charge in [-0.2, -0.15) is 13.2 Å². The molecule has 3 aromatic rings. The Morgan fingerprint density at radius 1 is 1.07 bits per heavy atom. The molecular weight excluding hydrogens is 408 g/mol. The predicted octanol–water partition coefficient (Wildman–Crippen LogP) is 4.70. The molecule has 1 N–H and O–H groups in total. The van der Waals surface area contributed by atoms with Crippen LogP contribution in [0.4, 0.5) is 23.2 Å². The monoisotopic (exact) mass is 424 g/mol. The molecule has 1 aromatic heterocycles. The third-order valence-corrected chi connectivity index (χ3v) is 4.12. The Labute approximate surface area is 168 Å². The van der Waals surface area contributed by atoms with E-state index in [1.165, 1.54) is 20.3 Å². The van der Waals surface area contributed by atoms with Crippen LogP contribution in [0.3, 0.4) is 0 Å². The van der Waals surface area contributed by atoms with Gasteiger partial charge in [-0.05, 0) is 36.4 Å².